The molecule has 0 aromatic carbocycles. The maximum atomic E-state index is 11.7. The molecule has 2 atom stereocenters. The van der Waals surface area contributed by atoms with Crippen LogP contribution in [0.25, 0.3) is 0 Å². The highest BCUT2D eigenvalue weighted by atomic mass is 35.5. The number of aliphatic carboxylic acids is 1. The maximum absolute atomic E-state index is 11.7. The molecule has 0 aliphatic carbocycles. The van der Waals surface area contributed by atoms with Crippen LogP contribution in [-0.2, 0) is 9.59 Å². The standard InChI is InChI=1S/C11H23N3O3S.ClH/c1-18-7-5-8(13)10(15)14-9(11(16)17)4-2-3-6-12;/h8-9H,2-7,12-13H2,1H3,(H,14,15)(H,16,17);1H/t8-,9-;/m0./s1. The normalized spacial score (nSPS) is 13.2. The van der Waals surface area contributed by atoms with Gasteiger partial charge < -0.3 is 21.9 Å². The van der Waals surface area contributed by atoms with E-state index >= 15 is 0 Å². The van der Waals surface area contributed by atoms with Crippen LogP contribution in [0.4, 0.5) is 0 Å². The maximum Gasteiger partial charge on any atom is 0.326 e. The van der Waals surface area contributed by atoms with Gasteiger partial charge in [-0.15, -0.1) is 12.4 Å². The number of hydrogen-bond donors (Lipinski definition) is 4. The molecule has 0 spiro atoms. The lowest BCUT2D eigenvalue weighted by molar-refractivity contribution is -0.142. The van der Waals surface area contributed by atoms with E-state index in [0.29, 0.717) is 25.8 Å². The number of halogens is 1. The molecule has 0 unspecified atom stereocenters. The molecule has 0 heterocycles. The summed E-state index contributed by atoms with van der Waals surface area (Å²) in [6.45, 7) is 0.521. The van der Waals surface area contributed by atoms with Gasteiger partial charge in [-0.05, 0) is 44.2 Å². The number of hydrogen-bond acceptors (Lipinski definition) is 5. The highest BCUT2D eigenvalue weighted by molar-refractivity contribution is 7.98. The number of nitrogens with two attached hydrogens (primary N) is 2. The van der Waals surface area contributed by atoms with Crippen LogP contribution in [0.15, 0.2) is 0 Å². The number of carboxylic acids is 1. The van der Waals surface area contributed by atoms with E-state index in [1.165, 1.54) is 0 Å². The fourth-order valence-electron chi connectivity index (χ4n) is 1.40. The summed E-state index contributed by atoms with van der Waals surface area (Å²) in [5, 5.41) is 11.5. The van der Waals surface area contributed by atoms with Gasteiger partial charge in [-0.1, -0.05) is 0 Å². The van der Waals surface area contributed by atoms with Crippen LogP contribution in [0.1, 0.15) is 25.7 Å². The molecule has 6 N–H and O–H groups in total. The molecule has 8 heteroatoms. The summed E-state index contributed by atoms with van der Waals surface area (Å²) in [5.41, 5.74) is 11.0. The van der Waals surface area contributed by atoms with Crippen molar-refractivity contribution in [1.82, 2.24) is 5.32 Å². The molecule has 0 aromatic rings. The molecule has 0 radical (unpaired) electrons. The Morgan fingerprint density at radius 3 is 2.42 bits per heavy atom. The van der Waals surface area contributed by atoms with Gasteiger partial charge in [0.25, 0.3) is 0 Å². The van der Waals surface area contributed by atoms with E-state index in [4.69, 9.17) is 16.6 Å². The van der Waals surface area contributed by atoms with Crippen molar-refractivity contribution >= 4 is 36.0 Å². The van der Waals surface area contributed by atoms with Gasteiger partial charge in [0.1, 0.15) is 6.04 Å². The van der Waals surface area contributed by atoms with Crippen LogP contribution in [0.5, 0.6) is 0 Å². The molecule has 6 nitrogen and oxygen atoms in total. The molecule has 114 valence electrons. The third-order valence-corrected chi connectivity index (χ3v) is 3.18. The van der Waals surface area contributed by atoms with Gasteiger partial charge in [0.15, 0.2) is 0 Å². The Kier molecular flexibility index (Phi) is 13.7. The van der Waals surface area contributed by atoms with Crippen LogP contribution in [0, 0.1) is 0 Å². The minimum absolute atomic E-state index is 0. The molecule has 1 amide bonds. The zero-order chi connectivity index (χ0) is 14.0. The van der Waals surface area contributed by atoms with Gasteiger partial charge in [-0.2, -0.15) is 11.8 Å². The van der Waals surface area contributed by atoms with Gasteiger partial charge in [-0.3, -0.25) is 4.79 Å². The molecule has 0 bridgehead atoms. The summed E-state index contributed by atoms with van der Waals surface area (Å²) in [6.07, 6.45) is 4.28. The lowest BCUT2D eigenvalue weighted by Crippen LogP contribution is -2.48. The zero-order valence-corrected chi connectivity index (χ0v) is 12.8. The Balaban J connectivity index is 0. The van der Waals surface area contributed by atoms with Crippen molar-refractivity contribution in [2.45, 2.75) is 37.8 Å². The summed E-state index contributed by atoms with van der Waals surface area (Å²) in [5.74, 6) is -0.652. The Hall–Kier alpha value is -0.500. The second-order valence-electron chi connectivity index (χ2n) is 4.07. The molecule has 0 saturated carbocycles. The number of thioether (sulfide) groups is 1. The van der Waals surface area contributed by atoms with E-state index in [1.54, 1.807) is 11.8 Å². The third kappa shape index (κ3) is 10.0. The molecular weight excluding hydrogens is 290 g/mol. The van der Waals surface area contributed by atoms with E-state index in [-0.39, 0.29) is 12.4 Å². The number of nitrogens with one attached hydrogen (secondary N) is 1. The summed E-state index contributed by atoms with van der Waals surface area (Å²) >= 11 is 1.60. The van der Waals surface area contributed by atoms with E-state index in [9.17, 15) is 9.59 Å². The van der Waals surface area contributed by atoms with Gasteiger partial charge in [0.05, 0.1) is 6.04 Å². The average molecular weight is 314 g/mol. The van der Waals surface area contributed by atoms with E-state index < -0.39 is 24.0 Å². The molecule has 0 aliphatic rings. The predicted molar refractivity (Wildman–Crippen MR) is 80.7 cm³/mol. The average Bonchev–Trinajstić information content (AvgIpc) is 2.34. The van der Waals surface area contributed by atoms with Crippen LogP contribution in [0.3, 0.4) is 0 Å². The summed E-state index contributed by atoms with van der Waals surface area (Å²) in [7, 11) is 0. The number of unbranched alkanes of at least 4 members (excludes halogenated alkanes) is 1. The second kappa shape index (κ2) is 12.5. The molecule has 0 aromatic heterocycles. The van der Waals surface area contributed by atoms with Crippen LogP contribution < -0.4 is 16.8 Å². The first kappa shape index (κ1) is 20.8. The van der Waals surface area contributed by atoms with Gasteiger partial charge in [0.2, 0.25) is 5.91 Å². The lowest BCUT2D eigenvalue weighted by atomic mass is 10.1. The van der Waals surface area contributed by atoms with Crippen molar-refractivity contribution in [2.75, 3.05) is 18.6 Å². The molecular formula is C11H24ClN3O3S. The highest BCUT2D eigenvalue weighted by Crippen LogP contribution is 2.03. The minimum Gasteiger partial charge on any atom is -0.480 e. The molecule has 0 saturated heterocycles. The highest BCUT2D eigenvalue weighted by Gasteiger charge is 2.22. The molecule has 0 aliphatic heterocycles. The SMILES string of the molecule is CSCC[C@H](N)C(=O)N[C@@H](CCCCN)C(=O)O.Cl. The molecule has 0 rings (SSSR count). The lowest BCUT2D eigenvalue weighted by Gasteiger charge is -2.17. The third-order valence-electron chi connectivity index (χ3n) is 2.53. The van der Waals surface area contributed by atoms with Crippen molar-refractivity contribution in [2.24, 2.45) is 11.5 Å². The number of carbonyl (C=O) groups is 2. The Bertz CT molecular complexity index is 270. The number of carbonyl (C=O) groups excluding carboxylic acids is 1. The quantitative estimate of drug-likeness (QED) is 0.427. The zero-order valence-electron chi connectivity index (χ0n) is 11.1. The monoisotopic (exact) mass is 313 g/mol. The predicted octanol–water partition coefficient (Wildman–Crippen LogP) is 0.187. The van der Waals surface area contributed by atoms with Crippen molar-refractivity contribution < 1.29 is 14.7 Å². The molecule has 19 heavy (non-hydrogen) atoms. The van der Waals surface area contributed by atoms with Crippen molar-refractivity contribution in [3.8, 4) is 0 Å². The van der Waals surface area contributed by atoms with E-state index in [2.05, 4.69) is 5.32 Å². The van der Waals surface area contributed by atoms with Gasteiger partial charge >= 0.3 is 5.97 Å². The van der Waals surface area contributed by atoms with Crippen LogP contribution in [-0.4, -0.2) is 47.6 Å². The van der Waals surface area contributed by atoms with E-state index in [0.717, 1.165) is 12.2 Å². The largest absolute Gasteiger partial charge is 0.480 e. The Morgan fingerprint density at radius 2 is 1.95 bits per heavy atom. The van der Waals surface area contributed by atoms with Crippen LogP contribution in [0.2, 0.25) is 0 Å². The first-order chi connectivity index (χ1) is 8.52. The second-order valence-corrected chi connectivity index (χ2v) is 5.06. The van der Waals surface area contributed by atoms with Gasteiger partial charge in [0, 0.05) is 0 Å². The number of amides is 1. The summed E-state index contributed by atoms with van der Waals surface area (Å²) in [4.78, 5) is 22.6. The number of rotatable bonds is 10. The Labute approximate surface area is 124 Å². The smallest absolute Gasteiger partial charge is 0.326 e. The van der Waals surface area contributed by atoms with Crippen molar-refractivity contribution in [3.63, 3.8) is 0 Å². The topological polar surface area (TPSA) is 118 Å². The number of carboxylic acid groups (broad SMARTS) is 1. The minimum atomic E-state index is -1.03. The Morgan fingerprint density at radius 1 is 1.32 bits per heavy atom. The first-order valence-electron chi connectivity index (χ1n) is 6.00. The van der Waals surface area contributed by atoms with Crippen LogP contribution >= 0.6 is 24.2 Å². The first-order valence-corrected chi connectivity index (χ1v) is 7.40. The summed E-state index contributed by atoms with van der Waals surface area (Å²) < 4.78 is 0. The van der Waals surface area contributed by atoms with E-state index in [1.807, 2.05) is 6.26 Å². The summed E-state index contributed by atoms with van der Waals surface area (Å²) in [6, 6.07) is -1.52. The molecule has 0 fully saturated rings. The van der Waals surface area contributed by atoms with Crippen molar-refractivity contribution in [3.05, 3.63) is 0 Å². The fraction of sp³-hybridized carbons (Fsp3) is 0.818. The van der Waals surface area contributed by atoms with Crippen molar-refractivity contribution in [1.29, 1.82) is 0 Å². The fourth-order valence-corrected chi connectivity index (χ4v) is 1.89. The van der Waals surface area contributed by atoms with Gasteiger partial charge in [-0.25, -0.2) is 4.79 Å².